The summed E-state index contributed by atoms with van der Waals surface area (Å²) < 4.78 is 6.86. The summed E-state index contributed by atoms with van der Waals surface area (Å²) in [4.78, 5) is 26.8. The lowest BCUT2D eigenvalue weighted by Crippen LogP contribution is -2.53. The van der Waals surface area contributed by atoms with Gasteiger partial charge in [0.1, 0.15) is 10.4 Å². The van der Waals surface area contributed by atoms with Gasteiger partial charge in [-0.15, -0.1) is 11.3 Å². The molecule has 8 heteroatoms. The normalized spacial score (nSPS) is 15.6. The third-order valence-corrected chi connectivity index (χ3v) is 6.86. The van der Waals surface area contributed by atoms with Crippen molar-refractivity contribution in [2.45, 2.75) is 44.7 Å². The van der Waals surface area contributed by atoms with Crippen LogP contribution in [0.4, 0.5) is 0 Å². The van der Waals surface area contributed by atoms with E-state index < -0.39 is 5.54 Å². The van der Waals surface area contributed by atoms with E-state index in [2.05, 4.69) is 10.4 Å². The molecule has 0 aliphatic heterocycles. The van der Waals surface area contributed by atoms with Crippen LogP contribution in [0, 0.1) is 6.92 Å². The molecule has 1 aliphatic rings. The van der Waals surface area contributed by atoms with Gasteiger partial charge in [0, 0.05) is 10.4 Å². The van der Waals surface area contributed by atoms with Crippen molar-refractivity contribution < 1.29 is 14.3 Å². The number of benzene rings is 1. The Labute approximate surface area is 177 Å². The van der Waals surface area contributed by atoms with Gasteiger partial charge in [-0.3, -0.25) is 9.48 Å². The maximum Gasteiger partial charge on any atom is 0.331 e. The quantitative estimate of drug-likeness (QED) is 0.610. The zero-order valence-electron chi connectivity index (χ0n) is 16.3. The highest BCUT2D eigenvalue weighted by atomic mass is 35.5. The second-order valence-electron chi connectivity index (χ2n) is 7.43. The van der Waals surface area contributed by atoms with Crippen molar-refractivity contribution >= 4 is 45.0 Å². The van der Waals surface area contributed by atoms with Crippen LogP contribution in [0.5, 0.6) is 0 Å². The highest BCUT2D eigenvalue weighted by Gasteiger charge is 2.44. The number of amides is 1. The van der Waals surface area contributed by atoms with E-state index in [4.69, 9.17) is 16.3 Å². The van der Waals surface area contributed by atoms with Crippen LogP contribution in [0.2, 0.25) is 5.02 Å². The van der Waals surface area contributed by atoms with Crippen LogP contribution in [-0.4, -0.2) is 34.3 Å². The molecule has 0 spiro atoms. The molecule has 0 radical (unpaired) electrons. The Hall–Kier alpha value is -2.38. The molecule has 29 heavy (non-hydrogen) atoms. The lowest BCUT2D eigenvalue weighted by molar-refractivity contribution is -0.148. The molecule has 1 amide bonds. The molecular formula is C21H22ClN3O3S. The van der Waals surface area contributed by atoms with Gasteiger partial charge < -0.3 is 10.1 Å². The van der Waals surface area contributed by atoms with Crippen molar-refractivity contribution in [1.82, 2.24) is 15.1 Å². The van der Waals surface area contributed by atoms with Gasteiger partial charge in [0.05, 0.1) is 24.2 Å². The Bertz CT molecular complexity index is 1060. The fraction of sp³-hybridized carbons (Fsp3) is 0.381. The number of esters is 1. The number of rotatable bonds is 5. The van der Waals surface area contributed by atoms with Crippen molar-refractivity contribution in [1.29, 1.82) is 0 Å². The third kappa shape index (κ3) is 3.76. The van der Waals surface area contributed by atoms with E-state index in [-0.39, 0.29) is 11.9 Å². The summed E-state index contributed by atoms with van der Waals surface area (Å²) in [7, 11) is 1.36. The average molecular weight is 432 g/mol. The number of thiophene rings is 1. The summed E-state index contributed by atoms with van der Waals surface area (Å²) >= 11 is 7.35. The number of halogens is 1. The summed E-state index contributed by atoms with van der Waals surface area (Å²) in [5.74, 6) is -0.606. The first-order valence-corrected chi connectivity index (χ1v) is 10.7. The molecule has 0 unspecified atom stereocenters. The first-order valence-electron chi connectivity index (χ1n) is 9.54. The van der Waals surface area contributed by atoms with E-state index in [1.807, 2.05) is 41.9 Å². The zero-order valence-corrected chi connectivity index (χ0v) is 17.9. The minimum absolute atomic E-state index is 0.240. The molecule has 0 bridgehead atoms. The molecule has 2 heterocycles. The van der Waals surface area contributed by atoms with E-state index >= 15 is 0 Å². The number of aromatic nitrogens is 2. The molecule has 1 fully saturated rings. The van der Waals surface area contributed by atoms with Gasteiger partial charge >= 0.3 is 5.97 Å². The predicted molar refractivity (Wildman–Crippen MR) is 114 cm³/mol. The number of hydrogen-bond acceptors (Lipinski definition) is 5. The van der Waals surface area contributed by atoms with Gasteiger partial charge in [0.15, 0.2) is 0 Å². The summed E-state index contributed by atoms with van der Waals surface area (Å²) in [6.07, 6.45) is 3.02. The Morgan fingerprint density at radius 2 is 1.97 bits per heavy atom. The van der Waals surface area contributed by atoms with Crippen molar-refractivity contribution in [2.75, 3.05) is 7.11 Å². The number of carbonyl (C=O) groups is 2. The maximum absolute atomic E-state index is 13.0. The summed E-state index contributed by atoms with van der Waals surface area (Å²) in [6, 6.07) is 9.49. The number of ether oxygens (including phenoxy) is 1. The highest BCUT2D eigenvalue weighted by Crippen LogP contribution is 2.33. The number of nitrogens with one attached hydrogen (secondary N) is 1. The monoisotopic (exact) mass is 431 g/mol. The standard InChI is InChI=1S/C21H22ClN3O3S/c1-13-16-11-17(18(26)23-21(20(27)28-2)9-3-4-10-21)29-19(16)25(24-13)12-14-5-7-15(22)8-6-14/h5-8,11H,3-4,9-10,12H2,1-2H3,(H,23,26). The molecular weight excluding hydrogens is 410 g/mol. The maximum atomic E-state index is 13.0. The first kappa shape index (κ1) is 19.9. The summed E-state index contributed by atoms with van der Waals surface area (Å²) in [6.45, 7) is 2.52. The van der Waals surface area contributed by atoms with Crippen molar-refractivity contribution in [3.05, 3.63) is 51.5 Å². The van der Waals surface area contributed by atoms with E-state index in [0.717, 1.165) is 34.3 Å². The molecule has 1 saturated carbocycles. The largest absolute Gasteiger partial charge is 0.467 e. The molecule has 0 atom stereocenters. The molecule has 0 saturated heterocycles. The fourth-order valence-corrected chi connectivity index (χ4v) is 5.11. The van der Waals surface area contributed by atoms with E-state index in [1.54, 1.807) is 0 Å². The topological polar surface area (TPSA) is 73.2 Å². The van der Waals surface area contributed by atoms with Crippen molar-refractivity contribution in [3.8, 4) is 0 Å². The number of nitrogens with zero attached hydrogens (tertiary/aromatic N) is 2. The van der Waals surface area contributed by atoms with E-state index in [1.165, 1.54) is 18.4 Å². The summed E-state index contributed by atoms with van der Waals surface area (Å²) in [5.41, 5.74) is 1.04. The van der Waals surface area contributed by atoms with Gasteiger partial charge in [-0.25, -0.2) is 4.79 Å². The molecule has 152 valence electrons. The number of carbonyl (C=O) groups excluding carboxylic acids is 2. The smallest absolute Gasteiger partial charge is 0.331 e. The van der Waals surface area contributed by atoms with Crippen LogP contribution in [0.1, 0.15) is 46.6 Å². The van der Waals surface area contributed by atoms with Crippen LogP contribution < -0.4 is 5.32 Å². The molecule has 2 aromatic heterocycles. The average Bonchev–Trinajstić information content (AvgIpc) is 3.41. The molecule has 1 N–H and O–H groups in total. The van der Waals surface area contributed by atoms with Crippen LogP contribution >= 0.6 is 22.9 Å². The predicted octanol–water partition coefficient (Wildman–Crippen LogP) is 4.32. The van der Waals surface area contributed by atoms with Crippen LogP contribution in [-0.2, 0) is 16.1 Å². The summed E-state index contributed by atoms with van der Waals surface area (Å²) in [5, 5.41) is 9.22. The van der Waals surface area contributed by atoms with Crippen LogP contribution in [0.15, 0.2) is 30.3 Å². The second kappa shape index (κ2) is 7.80. The van der Waals surface area contributed by atoms with Gasteiger partial charge in [-0.05, 0) is 43.5 Å². The lowest BCUT2D eigenvalue weighted by atomic mass is 9.97. The van der Waals surface area contributed by atoms with Crippen LogP contribution in [0.3, 0.4) is 0 Å². The lowest BCUT2D eigenvalue weighted by Gasteiger charge is -2.26. The van der Waals surface area contributed by atoms with Crippen LogP contribution in [0.25, 0.3) is 10.2 Å². The van der Waals surface area contributed by atoms with E-state index in [0.29, 0.717) is 29.3 Å². The molecule has 6 nitrogen and oxygen atoms in total. The highest BCUT2D eigenvalue weighted by molar-refractivity contribution is 7.20. The molecule has 3 aromatic rings. The Morgan fingerprint density at radius 3 is 2.62 bits per heavy atom. The Balaban J connectivity index is 1.61. The number of hydrogen-bond donors (Lipinski definition) is 1. The Kier molecular flexibility index (Phi) is 5.36. The van der Waals surface area contributed by atoms with Gasteiger partial charge in [-0.1, -0.05) is 36.6 Å². The number of methoxy groups -OCH3 is 1. The van der Waals surface area contributed by atoms with Crippen molar-refractivity contribution in [3.63, 3.8) is 0 Å². The SMILES string of the molecule is COC(=O)C1(NC(=O)c2cc3c(C)nn(Cc4ccc(Cl)cc4)c3s2)CCCC1. The number of aryl methyl sites for hydroxylation is 1. The van der Waals surface area contributed by atoms with Gasteiger partial charge in [0.25, 0.3) is 5.91 Å². The molecule has 4 rings (SSSR count). The molecule has 1 aliphatic carbocycles. The van der Waals surface area contributed by atoms with Gasteiger partial charge in [0.2, 0.25) is 0 Å². The number of fused-ring (bicyclic) bond motifs is 1. The van der Waals surface area contributed by atoms with E-state index in [9.17, 15) is 9.59 Å². The minimum Gasteiger partial charge on any atom is -0.467 e. The first-order chi connectivity index (χ1) is 13.9. The third-order valence-electron chi connectivity index (χ3n) is 5.46. The fourth-order valence-electron chi connectivity index (χ4n) is 3.93. The second-order valence-corrected chi connectivity index (χ2v) is 8.90. The zero-order chi connectivity index (χ0) is 20.6. The Morgan fingerprint density at radius 1 is 1.28 bits per heavy atom. The molecule has 1 aromatic carbocycles. The van der Waals surface area contributed by atoms with Gasteiger partial charge in [-0.2, -0.15) is 5.10 Å². The minimum atomic E-state index is -0.910. The van der Waals surface area contributed by atoms with Crippen molar-refractivity contribution in [2.24, 2.45) is 0 Å².